The molecule has 1 rings (SSSR count). The van der Waals surface area contributed by atoms with E-state index in [1.54, 1.807) is 38.2 Å². The first kappa shape index (κ1) is 11.2. The molecule has 0 heterocycles. The number of hydroxylamine groups is 1. The maximum Gasteiger partial charge on any atom is 0.193 e. The summed E-state index contributed by atoms with van der Waals surface area (Å²) in [6.45, 7) is 1.69. The van der Waals surface area contributed by atoms with Gasteiger partial charge in [0, 0.05) is 17.6 Å². The van der Waals surface area contributed by atoms with Gasteiger partial charge in [0.25, 0.3) is 0 Å². The third kappa shape index (κ3) is 2.80. The second-order valence-corrected chi connectivity index (χ2v) is 3.27. The largest absolute Gasteiger partial charge is 0.291 e. The van der Waals surface area contributed by atoms with Crippen molar-refractivity contribution in [3.05, 3.63) is 34.9 Å². The normalized spacial score (nSPS) is 12.5. The fourth-order valence-corrected chi connectivity index (χ4v) is 1.21. The van der Waals surface area contributed by atoms with Gasteiger partial charge in [-0.25, -0.2) is 5.48 Å². The molecule has 0 spiro atoms. The van der Waals surface area contributed by atoms with Crippen molar-refractivity contribution in [1.82, 2.24) is 5.48 Å². The summed E-state index contributed by atoms with van der Waals surface area (Å²) < 4.78 is 0. The number of carbonyl (C=O) groups excluding carboxylic acids is 1. The molecule has 0 saturated carbocycles. The molecule has 0 bridgehead atoms. The van der Waals surface area contributed by atoms with Crippen molar-refractivity contribution in [2.24, 2.45) is 0 Å². The smallest absolute Gasteiger partial charge is 0.193 e. The number of carbonyl (C=O) groups is 1. The topological polar surface area (TPSA) is 38.3 Å². The Labute approximate surface area is 88.0 Å². The Bertz CT molecular complexity index is 310. The minimum Gasteiger partial charge on any atom is -0.291 e. The molecule has 0 amide bonds. The average molecular weight is 214 g/mol. The summed E-state index contributed by atoms with van der Waals surface area (Å²) in [4.78, 5) is 16.6. The van der Waals surface area contributed by atoms with Crippen LogP contribution in [0.25, 0.3) is 0 Å². The Morgan fingerprint density at radius 3 is 2.50 bits per heavy atom. The first-order valence-corrected chi connectivity index (χ1v) is 4.65. The van der Waals surface area contributed by atoms with Crippen LogP contribution in [-0.4, -0.2) is 18.9 Å². The Hall–Kier alpha value is -0.900. The van der Waals surface area contributed by atoms with Crippen molar-refractivity contribution in [3.8, 4) is 0 Å². The summed E-state index contributed by atoms with van der Waals surface area (Å²) >= 11 is 5.70. The molecule has 0 radical (unpaired) electrons. The van der Waals surface area contributed by atoms with Gasteiger partial charge in [-0.15, -0.1) is 0 Å². The van der Waals surface area contributed by atoms with Gasteiger partial charge in [-0.3, -0.25) is 9.63 Å². The maximum atomic E-state index is 11.6. The van der Waals surface area contributed by atoms with Gasteiger partial charge in [0.05, 0.1) is 0 Å². The Kier molecular flexibility index (Phi) is 4.07. The minimum absolute atomic E-state index is 0.0731. The van der Waals surface area contributed by atoms with Crippen LogP contribution in [0.5, 0.6) is 0 Å². The molecule has 1 atom stereocenters. The minimum atomic E-state index is -0.499. The molecule has 0 aromatic heterocycles. The number of hydrogen-bond acceptors (Lipinski definition) is 3. The van der Waals surface area contributed by atoms with Gasteiger partial charge in [-0.05, 0) is 31.2 Å². The zero-order valence-corrected chi connectivity index (χ0v) is 8.84. The van der Waals surface area contributed by atoms with Gasteiger partial charge in [0.15, 0.2) is 5.78 Å². The van der Waals surface area contributed by atoms with Crippen LogP contribution in [0.3, 0.4) is 0 Å². The number of benzene rings is 1. The lowest BCUT2D eigenvalue weighted by atomic mass is 10.1. The quantitative estimate of drug-likeness (QED) is 0.615. The SMILES string of the molecule is CNOC(C)C(=O)c1ccc(Cl)cc1. The highest BCUT2D eigenvalue weighted by Crippen LogP contribution is 2.11. The second kappa shape index (κ2) is 5.10. The lowest BCUT2D eigenvalue weighted by Gasteiger charge is -2.09. The summed E-state index contributed by atoms with van der Waals surface area (Å²) in [6, 6.07) is 6.72. The van der Waals surface area contributed by atoms with Crippen LogP contribution in [0.4, 0.5) is 0 Å². The predicted octanol–water partition coefficient (Wildman–Crippen LogP) is 2.06. The van der Waals surface area contributed by atoms with E-state index in [2.05, 4.69) is 5.48 Å². The van der Waals surface area contributed by atoms with Gasteiger partial charge in [0.1, 0.15) is 6.10 Å². The van der Waals surface area contributed by atoms with Crippen molar-refractivity contribution in [2.45, 2.75) is 13.0 Å². The summed E-state index contributed by atoms with van der Waals surface area (Å²) in [5, 5.41) is 0.615. The number of ketones is 1. The summed E-state index contributed by atoms with van der Waals surface area (Å²) in [7, 11) is 1.62. The second-order valence-electron chi connectivity index (χ2n) is 2.84. The molecule has 0 aliphatic rings. The zero-order chi connectivity index (χ0) is 10.6. The van der Waals surface area contributed by atoms with E-state index in [-0.39, 0.29) is 5.78 Å². The molecular formula is C10H12ClNO2. The highest BCUT2D eigenvalue weighted by atomic mass is 35.5. The molecule has 4 heteroatoms. The first-order chi connectivity index (χ1) is 6.65. The van der Waals surface area contributed by atoms with Gasteiger partial charge >= 0.3 is 0 Å². The van der Waals surface area contributed by atoms with Crippen LogP contribution in [-0.2, 0) is 4.84 Å². The Morgan fingerprint density at radius 2 is 2.00 bits per heavy atom. The number of hydrogen-bond donors (Lipinski definition) is 1. The molecule has 0 fully saturated rings. The van der Waals surface area contributed by atoms with Gasteiger partial charge in [0.2, 0.25) is 0 Å². The van der Waals surface area contributed by atoms with E-state index < -0.39 is 6.10 Å². The number of Topliss-reactive ketones (excluding diaryl/α,β-unsaturated/α-hetero) is 1. The molecule has 3 nitrogen and oxygen atoms in total. The van der Waals surface area contributed by atoms with Crippen LogP contribution in [0.15, 0.2) is 24.3 Å². The predicted molar refractivity (Wildman–Crippen MR) is 55.4 cm³/mol. The van der Waals surface area contributed by atoms with Crippen molar-refractivity contribution in [2.75, 3.05) is 7.05 Å². The maximum absolute atomic E-state index is 11.6. The third-order valence-electron chi connectivity index (χ3n) is 1.79. The molecule has 76 valence electrons. The van der Waals surface area contributed by atoms with Crippen molar-refractivity contribution in [3.63, 3.8) is 0 Å². The Morgan fingerprint density at radius 1 is 1.43 bits per heavy atom. The third-order valence-corrected chi connectivity index (χ3v) is 2.04. The highest BCUT2D eigenvalue weighted by Gasteiger charge is 2.14. The fraction of sp³-hybridized carbons (Fsp3) is 0.300. The molecule has 0 saturated heterocycles. The standard InChI is InChI=1S/C10H12ClNO2/c1-7(14-12-2)10(13)8-3-5-9(11)6-4-8/h3-7,12H,1-2H3. The fourth-order valence-electron chi connectivity index (χ4n) is 1.08. The number of halogens is 1. The van der Waals surface area contributed by atoms with E-state index in [1.807, 2.05) is 0 Å². The van der Waals surface area contributed by atoms with E-state index in [0.29, 0.717) is 10.6 Å². The number of nitrogens with one attached hydrogen (secondary N) is 1. The van der Waals surface area contributed by atoms with Gasteiger partial charge in [-0.2, -0.15) is 0 Å². The first-order valence-electron chi connectivity index (χ1n) is 4.27. The molecule has 14 heavy (non-hydrogen) atoms. The van der Waals surface area contributed by atoms with Gasteiger partial charge in [-0.1, -0.05) is 11.6 Å². The average Bonchev–Trinajstić information content (AvgIpc) is 2.18. The molecule has 1 N–H and O–H groups in total. The molecule has 1 unspecified atom stereocenters. The lowest BCUT2D eigenvalue weighted by molar-refractivity contribution is 0.00557. The van der Waals surface area contributed by atoms with Crippen LogP contribution in [0, 0.1) is 0 Å². The summed E-state index contributed by atoms with van der Waals surface area (Å²) in [5.74, 6) is -0.0731. The van der Waals surface area contributed by atoms with E-state index in [4.69, 9.17) is 16.4 Å². The van der Waals surface area contributed by atoms with E-state index in [1.165, 1.54) is 0 Å². The van der Waals surface area contributed by atoms with Crippen molar-refractivity contribution >= 4 is 17.4 Å². The molecule has 1 aromatic rings. The molecular weight excluding hydrogens is 202 g/mol. The molecule has 1 aromatic carbocycles. The monoisotopic (exact) mass is 213 g/mol. The van der Waals surface area contributed by atoms with E-state index in [9.17, 15) is 4.79 Å². The summed E-state index contributed by atoms with van der Waals surface area (Å²) in [6.07, 6.45) is -0.499. The molecule has 0 aliphatic heterocycles. The highest BCUT2D eigenvalue weighted by molar-refractivity contribution is 6.30. The van der Waals surface area contributed by atoms with Crippen LogP contribution < -0.4 is 5.48 Å². The zero-order valence-electron chi connectivity index (χ0n) is 8.08. The molecule has 0 aliphatic carbocycles. The van der Waals surface area contributed by atoms with Crippen LogP contribution in [0.1, 0.15) is 17.3 Å². The van der Waals surface area contributed by atoms with Gasteiger partial charge < -0.3 is 0 Å². The van der Waals surface area contributed by atoms with Crippen molar-refractivity contribution in [1.29, 1.82) is 0 Å². The van der Waals surface area contributed by atoms with Crippen molar-refractivity contribution < 1.29 is 9.63 Å². The van der Waals surface area contributed by atoms with Crippen LogP contribution in [0.2, 0.25) is 5.02 Å². The van der Waals surface area contributed by atoms with E-state index >= 15 is 0 Å². The lowest BCUT2D eigenvalue weighted by Crippen LogP contribution is -2.26. The number of rotatable bonds is 4. The summed E-state index contributed by atoms with van der Waals surface area (Å²) in [5.41, 5.74) is 3.08. The Balaban J connectivity index is 2.74. The van der Waals surface area contributed by atoms with E-state index in [0.717, 1.165) is 0 Å². The van der Waals surface area contributed by atoms with Crippen LogP contribution >= 0.6 is 11.6 Å².